The average Bonchev–Trinajstić information content (AvgIpc) is 2.94. The van der Waals surface area contributed by atoms with Crippen LogP contribution in [0.3, 0.4) is 0 Å². The van der Waals surface area contributed by atoms with Crippen LogP contribution in [0.4, 0.5) is 4.39 Å². The number of benzene rings is 1. The van der Waals surface area contributed by atoms with Gasteiger partial charge in [0.25, 0.3) is 5.91 Å². The van der Waals surface area contributed by atoms with E-state index in [2.05, 4.69) is 10.3 Å². The van der Waals surface area contributed by atoms with Gasteiger partial charge in [0.1, 0.15) is 11.5 Å². The number of hydrogen-bond donors (Lipinski definition) is 3. The Labute approximate surface area is 132 Å². The van der Waals surface area contributed by atoms with Crippen molar-refractivity contribution in [1.29, 1.82) is 0 Å². The third kappa shape index (κ3) is 3.50. The lowest BCUT2D eigenvalue weighted by Crippen LogP contribution is -2.46. The number of carbonyl (C=O) groups excluding carboxylic acids is 2. The molecule has 0 bridgehead atoms. The Bertz CT molecular complexity index is 735. The third-order valence-electron chi connectivity index (χ3n) is 4.16. The van der Waals surface area contributed by atoms with Crippen molar-refractivity contribution in [1.82, 2.24) is 15.2 Å². The second-order valence-electron chi connectivity index (χ2n) is 5.87. The molecular formula is C16H19FN4O2. The van der Waals surface area contributed by atoms with Crippen molar-refractivity contribution in [3.63, 3.8) is 0 Å². The number of nitrogens with two attached hydrogens (primary N) is 1. The van der Waals surface area contributed by atoms with Gasteiger partial charge in [0.05, 0.1) is 6.54 Å². The van der Waals surface area contributed by atoms with Crippen molar-refractivity contribution < 1.29 is 14.0 Å². The highest BCUT2D eigenvalue weighted by atomic mass is 19.1. The minimum atomic E-state index is -0.349. The predicted molar refractivity (Wildman–Crippen MR) is 84.4 cm³/mol. The lowest BCUT2D eigenvalue weighted by Gasteiger charge is -2.31. The highest BCUT2D eigenvalue weighted by Crippen LogP contribution is 2.19. The van der Waals surface area contributed by atoms with Gasteiger partial charge in [-0.05, 0) is 31.0 Å². The molecule has 1 saturated heterocycles. The molecule has 0 radical (unpaired) electrons. The van der Waals surface area contributed by atoms with Crippen LogP contribution in [0.2, 0.25) is 0 Å². The number of likely N-dealkylation sites (tertiary alicyclic amines) is 1. The number of nitrogens with one attached hydrogen (secondary N) is 2. The largest absolute Gasteiger partial charge is 0.369 e. The van der Waals surface area contributed by atoms with Gasteiger partial charge in [0.2, 0.25) is 5.91 Å². The lowest BCUT2D eigenvalue weighted by atomic mass is 10.0. The fraction of sp³-hybridized carbons (Fsp3) is 0.375. The number of primary amides is 1. The molecule has 1 aromatic heterocycles. The van der Waals surface area contributed by atoms with Crippen molar-refractivity contribution in [2.24, 2.45) is 5.73 Å². The molecule has 1 aliphatic heterocycles. The van der Waals surface area contributed by atoms with Crippen LogP contribution < -0.4 is 11.1 Å². The summed E-state index contributed by atoms with van der Waals surface area (Å²) < 4.78 is 13.7. The molecule has 1 fully saturated rings. The van der Waals surface area contributed by atoms with Gasteiger partial charge in [0.15, 0.2) is 0 Å². The summed E-state index contributed by atoms with van der Waals surface area (Å²) in [7, 11) is 0. The molecule has 1 aliphatic rings. The van der Waals surface area contributed by atoms with E-state index in [1.165, 1.54) is 12.1 Å². The maximum Gasteiger partial charge on any atom is 0.267 e. The number of halogens is 1. The van der Waals surface area contributed by atoms with Gasteiger partial charge < -0.3 is 16.0 Å². The number of carbonyl (C=O) groups is 2. The van der Waals surface area contributed by atoms with Crippen LogP contribution in [-0.4, -0.2) is 47.4 Å². The Hall–Kier alpha value is -2.41. The maximum absolute atomic E-state index is 13.7. The second-order valence-corrected chi connectivity index (χ2v) is 5.87. The molecule has 0 unspecified atom stereocenters. The van der Waals surface area contributed by atoms with E-state index in [1.807, 2.05) is 4.90 Å². The molecule has 2 heterocycles. The zero-order valence-electron chi connectivity index (χ0n) is 12.6. The summed E-state index contributed by atoms with van der Waals surface area (Å²) in [5.41, 5.74) is 6.13. The SMILES string of the molecule is NC(=O)CN1CCC(NC(=O)c2cc3c(F)cccc3[nH]2)CC1. The molecule has 2 aromatic rings. The standard InChI is InChI=1S/C16H19FN4O2/c17-12-2-1-3-13-11(12)8-14(20-13)16(23)19-10-4-6-21(7-5-10)9-15(18)22/h1-3,8,10,20H,4-7,9H2,(H2,18,22)(H,19,23). The number of H-pyrrole nitrogens is 1. The van der Waals surface area contributed by atoms with Crippen molar-refractivity contribution >= 4 is 22.7 Å². The molecule has 122 valence electrons. The summed E-state index contributed by atoms with van der Waals surface area (Å²) in [4.78, 5) is 28.1. The summed E-state index contributed by atoms with van der Waals surface area (Å²) >= 11 is 0. The minimum Gasteiger partial charge on any atom is -0.369 e. The van der Waals surface area contributed by atoms with Gasteiger partial charge in [0, 0.05) is 30.0 Å². The van der Waals surface area contributed by atoms with E-state index >= 15 is 0 Å². The van der Waals surface area contributed by atoms with E-state index in [1.54, 1.807) is 12.1 Å². The van der Waals surface area contributed by atoms with Crippen molar-refractivity contribution in [2.75, 3.05) is 19.6 Å². The average molecular weight is 318 g/mol. The highest BCUT2D eigenvalue weighted by molar-refractivity contribution is 5.98. The van der Waals surface area contributed by atoms with Crippen LogP contribution >= 0.6 is 0 Å². The monoisotopic (exact) mass is 318 g/mol. The summed E-state index contributed by atoms with van der Waals surface area (Å²) in [6.07, 6.45) is 1.52. The van der Waals surface area contributed by atoms with E-state index in [0.717, 1.165) is 25.9 Å². The van der Waals surface area contributed by atoms with E-state index < -0.39 is 0 Å². The summed E-state index contributed by atoms with van der Waals surface area (Å²) in [6.45, 7) is 1.69. The maximum atomic E-state index is 13.7. The number of piperidine rings is 1. The Kier molecular flexibility index (Phi) is 4.29. The number of amides is 2. The first-order valence-corrected chi connectivity index (χ1v) is 7.61. The van der Waals surface area contributed by atoms with Crippen LogP contribution in [0, 0.1) is 5.82 Å². The molecule has 3 rings (SSSR count). The van der Waals surface area contributed by atoms with Gasteiger partial charge in [-0.25, -0.2) is 4.39 Å². The number of nitrogens with zero attached hydrogens (tertiary/aromatic N) is 1. The molecule has 0 atom stereocenters. The fourth-order valence-electron chi connectivity index (χ4n) is 2.96. The van der Waals surface area contributed by atoms with E-state index in [4.69, 9.17) is 5.73 Å². The topological polar surface area (TPSA) is 91.2 Å². The Morgan fingerprint density at radius 1 is 1.35 bits per heavy atom. The molecule has 0 aliphatic carbocycles. The fourth-order valence-corrected chi connectivity index (χ4v) is 2.96. The third-order valence-corrected chi connectivity index (χ3v) is 4.16. The number of fused-ring (bicyclic) bond motifs is 1. The summed E-state index contributed by atoms with van der Waals surface area (Å²) in [5.74, 6) is -0.931. The van der Waals surface area contributed by atoms with Crippen molar-refractivity contribution in [3.05, 3.63) is 35.8 Å². The Balaban J connectivity index is 1.61. The first-order valence-electron chi connectivity index (χ1n) is 7.61. The van der Waals surface area contributed by atoms with Gasteiger partial charge in [-0.15, -0.1) is 0 Å². The zero-order valence-corrected chi connectivity index (χ0v) is 12.6. The molecule has 0 saturated carbocycles. The number of rotatable bonds is 4. The van der Waals surface area contributed by atoms with Crippen LogP contribution in [0.15, 0.2) is 24.3 Å². The first-order chi connectivity index (χ1) is 11.0. The molecule has 2 amide bonds. The van der Waals surface area contributed by atoms with Crippen LogP contribution in [0.25, 0.3) is 10.9 Å². The van der Waals surface area contributed by atoms with E-state index in [-0.39, 0.29) is 30.2 Å². The van der Waals surface area contributed by atoms with Gasteiger partial charge in [-0.2, -0.15) is 0 Å². The number of aromatic amines is 1. The minimum absolute atomic E-state index is 0.0443. The molecule has 1 aromatic carbocycles. The quantitative estimate of drug-likeness (QED) is 0.785. The predicted octanol–water partition coefficient (Wildman–Crippen LogP) is 0.986. The first kappa shape index (κ1) is 15.5. The Morgan fingerprint density at radius 2 is 2.09 bits per heavy atom. The van der Waals surface area contributed by atoms with Crippen LogP contribution in [-0.2, 0) is 4.79 Å². The molecule has 4 N–H and O–H groups in total. The Morgan fingerprint density at radius 3 is 2.74 bits per heavy atom. The molecule has 23 heavy (non-hydrogen) atoms. The summed E-state index contributed by atoms with van der Waals surface area (Å²) in [6, 6.07) is 6.28. The molecule has 6 nitrogen and oxygen atoms in total. The van der Waals surface area contributed by atoms with Gasteiger partial charge in [-0.3, -0.25) is 14.5 Å². The lowest BCUT2D eigenvalue weighted by molar-refractivity contribution is -0.119. The molecular weight excluding hydrogens is 299 g/mol. The molecule has 7 heteroatoms. The van der Waals surface area contributed by atoms with Crippen molar-refractivity contribution in [3.8, 4) is 0 Å². The number of aromatic nitrogens is 1. The van der Waals surface area contributed by atoms with Gasteiger partial charge in [-0.1, -0.05) is 6.07 Å². The van der Waals surface area contributed by atoms with Crippen LogP contribution in [0.1, 0.15) is 23.3 Å². The van der Waals surface area contributed by atoms with E-state index in [0.29, 0.717) is 16.6 Å². The zero-order chi connectivity index (χ0) is 16.4. The summed E-state index contributed by atoms with van der Waals surface area (Å²) in [5, 5.41) is 3.37. The smallest absolute Gasteiger partial charge is 0.267 e. The van der Waals surface area contributed by atoms with E-state index in [9.17, 15) is 14.0 Å². The van der Waals surface area contributed by atoms with Crippen molar-refractivity contribution in [2.45, 2.75) is 18.9 Å². The highest BCUT2D eigenvalue weighted by Gasteiger charge is 2.22. The van der Waals surface area contributed by atoms with Crippen LogP contribution in [0.5, 0.6) is 0 Å². The number of hydrogen-bond acceptors (Lipinski definition) is 3. The van der Waals surface area contributed by atoms with Gasteiger partial charge >= 0.3 is 0 Å². The second kappa shape index (κ2) is 6.37. The molecule has 0 spiro atoms. The normalized spacial score (nSPS) is 16.6.